The number of nitrogens with zero attached hydrogens (tertiary/aromatic N) is 1. The first-order chi connectivity index (χ1) is 8.10. The van der Waals surface area contributed by atoms with Crippen LogP contribution in [-0.2, 0) is 15.5 Å². The molecule has 2 rings (SSSR count). The van der Waals surface area contributed by atoms with Crippen LogP contribution in [0.15, 0.2) is 22.5 Å². The molecule has 2 atom stereocenters. The van der Waals surface area contributed by atoms with Gasteiger partial charge < -0.3 is 10.5 Å². The molecular formula is C11H14N2O2S2. The number of rotatable bonds is 4. The second-order valence-electron chi connectivity index (χ2n) is 3.77. The van der Waals surface area contributed by atoms with E-state index in [2.05, 4.69) is 4.98 Å². The third-order valence-electron chi connectivity index (χ3n) is 2.38. The monoisotopic (exact) mass is 270 g/mol. The van der Waals surface area contributed by atoms with E-state index in [1.54, 1.807) is 13.2 Å². The fourth-order valence-electron chi connectivity index (χ4n) is 1.37. The Morgan fingerprint density at radius 2 is 2.35 bits per heavy atom. The van der Waals surface area contributed by atoms with E-state index < -0.39 is 10.8 Å². The maximum atomic E-state index is 12.0. The summed E-state index contributed by atoms with van der Waals surface area (Å²) in [7, 11) is 0.501. The van der Waals surface area contributed by atoms with Gasteiger partial charge in [0.15, 0.2) is 4.34 Å². The quantitative estimate of drug-likeness (QED) is 0.863. The number of benzene rings is 1. The number of nitrogens with two attached hydrogens (primary N) is 1. The summed E-state index contributed by atoms with van der Waals surface area (Å²) in [4.78, 5) is 4.35. The first kappa shape index (κ1) is 12.5. The zero-order valence-electron chi connectivity index (χ0n) is 9.67. The van der Waals surface area contributed by atoms with Gasteiger partial charge in [-0.05, 0) is 25.1 Å². The predicted octanol–water partition coefficient (Wildman–Crippen LogP) is 2.02. The molecule has 0 aliphatic rings. The van der Waals surface area contributed by atoms with Crippen molar-refractivity contribution in [2.45, 2.75) is 17.4 Å². The standard InChI is InChI=1S/C11H14N2O2S2/c1-7(15-2)6-17(14)11-13-9-4-3-8(12)5-10(9)16-11/h3-5,7H,6,12H2,1-2H3. The first-order valence-corrected chi connectivity index (χ1v) is 7.31. The average Bonchev–Trinajstić information content (AvgIpc) is 2.71. The van der Waals surface area contributed by atoms with Crippen LogP contribution < -0.4 is 5.73 Å². The summed E-state index contributed by atoms with van der Waals surface area (Å²) in [6.45, 7) is 1.89. The van der Waals surface area contributed by atoms with E-state index in [0.29, 0.717) is 15.8 Å². The van der Waals surface area contributed by atoms with Gasteiger partial charge in [-0.1, -0.05) is 0 Å². The number of thiazole rings is 1. The molecule has 0 fully saturated rings. The molecule has 1 heterocycles. The fourth-order valence-corrected chi connectivity index (χ4v) is 3.87. The Morgan fingerprint density at radius 1 is 1.59 bits per heavy atom. The molecule has 17 heavy (non-hydrogen) atoms. The van der Waals surface area contributed by atoms with E-state index >= 15 is 0 Å². The summed E-state index contributed by atoms with van der Waals surface area (Å²) in [6, 6.07) is 5.50. The molecule has 0 bridgehead atoms. The smallest absolute Gasteiger partial charge is 0.181 e. The molecular weight excluding hydrogens is 256 g/mol. The molecule has 0 amide bonds. The van der Waals surface area contributed by atoms with E-state index in [4.69, 9.17) is 10.5 Å². The third-order valence-corrected chi connectivity index (χ3v) is 5.25. The molecule has 2 aromatic rings. The number of fused-ring (bicyclic) bond motifs is 1. The van der Waals surface area contributed by atoms with Gasteiger partial charge in [-0.25, -0.2) is 4.98 Å². The van der Waals surface area contributed by atoms with Crippen molar-refractivity contribution in [1.29, 1.82) is 0 Å². The van der Waals surface area contributed by atoms with Crippen molar-refractivity contribution < 1.29 is 8.95 Å². The molecule has 2 unspecified atom stereocenters. The van der Waals surface area contributed by atoms with E-state index in [1.165, 1.54) is 11.3 Å². The van der Waals surface area contributed by atoms with Crippen LogP contribution in [0.25, 0.3) is 10.2 Å². The highest BCUT2D eigenvalue weighted by molar-refractivity contribution is 7.87. The van der Waals surface area contributed by atoms with Crippen LogP contribution in [0.3, 0.4) is 0 Å². The van der Waals surface area contributed by atoms with Crippen molar-refractivity contribution in [1.82, 2.24) is 4.98 Å². The number of nitrogen functional groups attached to an aromatic ring is 1. The van der Waals surface area contributed by atoms with Crippen LogP contribution >= 0.6 is 11.3 Å². The van der Waals surface area contributed by atoms with Gasteiger partial charge in [0.2, 0.25) is 0 Å². The van der Waals surface area contributed by atoms with Gasteiger partial charge in [-0.15, -0.1) is 11.3 Å². The van der Waals surface area contributed by atoms with Gasteiger partial charge in [0.1, 0.15) is 0 Å². The lowest BCUT2D eigenvalue weighted by Gasteiger charge is -2.06. The van der Waals surface area contributed by atoms with Crippen LogP contribution in [0.1, 0.15) is 6.92 Å². The Bertz CT molecular complexity index is 553. The van der Waals surface area contributed by atoms with Crippen molar-refractivity contribution in [3.05, 3.63) is 18.2 Å². The molecule has 0 aliphatic heterocycles. The molecule has 0 saturated carbocycles. The largest absolute Gasteiger partial charge is 0.399 e. The SMILES string of the molecule is COC(C)CS(=O)c1nc2ccc(N)cc2s1. The number of hydrogen-bond donors (Lipinski definition) is 1. The molecule has 2 N–H and O–H groups in total. The lowest BCUT2D eigenvalue weighted by Crippen LogP contribution is -2.15. The predicted molar refractivity (Wildman–Crippen MR) is 71.8 cm³/mol. The van der Waals surface area contributed by atoms with Crippen molar-refractivity contribution in [2.75, 3.05) is 18.6 Å². The van der Waals surface area contributed by atoms with Crippen molar-refractivity contribution in [3.8, 4) is 0 Å². The highest BCUT2D eigenvalue weighted by Crippen LogP contribution is 2.26. The zero-order valence-corrected chi connectivity index (χ0v) is 11.3. The minimum atomic E-state index is -1.11. The molecule has 1 aromatic heterocycles. The van der Waals surface area contributed by atoms with Crippen molar-refractivity contribution in [3.63, 3.8) is 0 Å². The topological polar surface area (TPSA) is 65.2 Å². The highest BCUT2D eigenvalue weighted by Gasteiger charge is 2.13. The first-order valence-electron chi connectivity index (χ1n) is 5.17. The number of ether oxygens (including phenoxy) is 1. The van der Waals surface area contributed by atoms with Crippen LogP contribution in [0.2, 0.25) is 0 Å². The minimum absolute atomic E-state index is 0.0343. The molecule has 4 nitrogen and oxygen atoms in total. The Kier molecular flexibility index (Phi) is 3.76. The van der Waals surface area contributed by atoms with Gasteiger partial charge in [0, 0.05) is 12.8 Å². The van der Waals surface area contributed by atoms with E-state index in [1.807, 2.05) is 19.1 Å². The number of methoxy groups -OCH3 is 1. The van der Waals surface area contributed by atoms with Crippen LogP contribution in [0.5, 0.6) is 0 Å². The summed E-state index contributed by atoms with van der Waals surface area (Å²) in [5.41, 5.74) is 7.24. The van der Waals surface area contributed by atoms with Gasteiger partial charge >= 0.3 is 0 Å². The Labute approximate surface area is 106 Å². The summed E-state index contributed by atoms with van der Waals surface area (Å²) < 4.78 is 18.7. The minimum Gasteiger partial charge on any atom is -0.399 e. The number of aromatic nitrogens is 1. The number of hydrogen-bond acceptors (Lipinski definition) is 5. The fraction of sp³-hybridized carbons (Fsp3) is 0.364. The molecule has 1 aromatic carbocycles. The van der Waals surface area contributed by atoms with Crippen LogP contribution in [0.4, 0.5) is 5.69 Å². The summed E-state index contributed by atoms with van der Waals surface area (Å²) in [5.74, 6) is 0.464. The van der Waals surface area contributed by atoms with E-state index in [9.17, 15) is 4.21 Å². The summed E-state index contributed by atoms with van der Waals surface area (Å²) in [6.07, 6.45) is -0.0343. The zero-order chi connectivity index (χ0) is 12.4. The third kappa shape index (κ3) is 2.83. The summed E-state index contributed by atoms with van der Waals surface area (Å²) in [5, 5.41) is 0. The second-order valence-corrected chi connectivity index (χ2v) is 6.47. The maximum absolute atomic E-state index is 12.0. The average molecular weight is 270 g/mol. The summed E-state index contributed by atoms with van der Waals surface area (Å²) >= 11 is 1.43. The van der Waals surface area contributed by atoms with Crippen molar-refractivity contribution in [2.24, 2.45) is 0 Å². The van der Waals surface area contributed by atoms with E-state index in [-0.39, 0.29) is 6.10 Å². The lowest BCUT2D eigenvalue weighted by molar-refractivity contribution is 0.137. The Hall–Kier alpha value is -0.980. The molecule has 0 spiro atoms. The molecule has 0 saturated heterocycles. The molecule has 92 valence electrons. The molecule has 0 radical (unpaired) electrons. The maximum Gasteiger partial charge on any atom is 0.181 e. The molecule has 6 heteroatoms. The van der Waals surface area contributed by atoms with Crippen LogP contribution in [-0.4, -0.2) is 28.2 Å². The normalized spacial score (nSPS) is 14.9. The second kappa shape index (κ2) is 5.12. The van der Waals surface area contributed by atoms with E-state index in [0.717, 1.165) is 10.2 Å². The number of anilines is 1. The van der Waals surface area contributed by atoms with Gasteiger partial charge in [-0.3, -0.25) is 4.21 Å². The molecule has 0 aliphatic carbocycles. The van der Waals surface area contributed by atoms with Gasteiger partial charge in [0.05, 0.1) is 32.9 Å². The van der Waals surface area contributed by atoms with Crippen molar-refractivity contribution >= 4 is 38.0 Å². The highest BCUT2D eigenvalue weighted by atomic mass is 32.2. The lowest BCUT2D eigenvalue weighted by atomic mass is 10.3. The van der Waals surface area contributed by atoms with Gasteiger partial charge in [0.25, 0.3) is 0 Å². The van der Waals surface area contributed by atoms with Gasteiger partial charge in [-0.2, -0.15) is 0 Å². The van der Waals surface area contributed by atoms with Crippen LogP contribution in [0, 0.1) is 0 Å². The Balaban J connectivity index is 2.27. The Morgan fingerprint density at radius 3 is 3.06 bits per heavy atom.